The first kappa shape index (κ1) is 13.9. The van der Waals surface area contributed by atoms with Crippen LogP contribution in [0.25, 0.3) is 0 Å². The van der Waals surface area contributed by atoms with Gasteiger partial charge in [0.2, 0.25) is 0 Å². The molecule has 2 fully saturated rings. The summed E-state index contributed by atoms with van der Waals surface area (Å²) < 4.78 is 0. The number of ketones is 1. The lowest BCUT2D eigenvalue weighted by atomic mass is 10.1. The number of Topliss-reactive ketones (excluding diaryl/α,β-unsaturated/α-hetero) is 1. The minimum atomic E-state index is 0.184. The fourth-order valence-corrected chi connectivity index (χ4v) is 4.27. The van der Waals surface area contributed by atoms with Crippen LogP contribution < -0.4 is 11.1 Å². The van der Waals surface area contributed by atoms with E-state index in [4.69, 9.17) is 5.73 Å². The molecule has 0 spiro atoms. The maximum Gasteiger partial charge on any atom is 0.174 e. The Balaban J connectivity index is 1.80. The molecule has 1 aromatic rings. The summed E-state index contributed by atoms with van der Waals surface area (Å²) in [7, 11) is 0. The number of carbonyl (C=O) groups is 1. The maximum absolute atomic E-state index is 12.0. The fraction of sp³-hybridized carbons (Fsp3) is 0.688. The number of hydrogen-bond acceptors (Lipinski definition) is 4. The van der Waals surface area contributed by atoms with Crippen LogP contribution >= 0.6 is 11.3 Å². The number of rotatable bonds is 7. The van der Waals surface area contributed by atoms with E-state index >= 15 is 0 Å². The number of nitrogens with two attached hydrogens (primary N) is 1. The van der Waals surface area contributed by atoms with Gasteiger partial charge in [0.25, 0.3) is 0 Å². The normalized spacial score (nSPS) is 24.7. The topological polar surface area (TPSA) is 55.1 Å². The van der Waals surface area contributed by atoms with E-state index in [2.05, 4.69) is 12.2 Å². The lowest BCUT2D eigenvalue weighted by molar-refractivity contribution is 0.0993. The van der Waals surface area contributed by atoms with Crippen molar-refractivity contribution in [3.05, 3.63) is 10.4 Å². The lowest BCUT2D eigenvalue weighted by Crippen LogP contribution is -2.05. The average molecular weight is 292 g/mol. The second kappa shape index (κ2) is 5.40. The van der Waals surface area contributed by atoms with E-state index in [1.54, 1.807) is 11.3 Å². The monoisotopic (exact) mass is 292 g/mol. The molecule has 0 amide bonds. The van der Waals surface area contributed by atoms with Gasteiger partial charge in [0.15, 0.2) is 5.78 Å². The summed E-state index contributed by atoms with van der Waals surface area (Å²) in [4.78, 5) is 12.8. The Morgan fingerprint density at radius 1 is 1.40 bits per heavy atom. The van der Waals surface area contributed by atoms with Crippen molar-refractivity contribution < 1.29 is 4.79 Å². The highest BCUT2D eigenvalue weighted by molar-refractivity contribution is 7.18. The molecule has 3 N–H and O–H groups in total. The molecule has 3 rings (SSSR count). The Hall–Kier alpha value is -1.03. The summed E-state index contributed by atoms with van der Waals surface area (Å²) in [6.45, 7) is 4.15. The molecule has 3 nitrogen and oxygen atoms in total. The highest BCUT2D eigenvalue weighted by atomic mass is 32.1. The zero-order valence-electron chi connectivity index (χ0n) is 12.4. The van der Waals surface area contributed by atoms with Gasteiger partial charge in [-0.25, -0.2) is 0 Å². The van der Waals surface area contributed by atoms with E-state index in [1.807, 2.05) is 6.92 Å². The molecular formula is C16H24N2OS. The second-order valence-electron chi connectivity index (χ2n) is 6.17. The van der Waals surface area contributed by atoms with Crippen LogP contribution in [0, 0.1) is 5.92 Å². The van der Waals surface area contributed by atoms with E-state index in [1.165, 1.54) is 42.7 Å². The van der Waals surface area contributed by atoms with Crippen LogP contribution in [0.5, 0.6) is 0 Å². The van der Waals surface area contributed by atoms with Gasteiger partial charge in [-0.05, 0) is 37.5 Å². The van der Waals surface area contributed by atoms with Crippen molar-refractivity contribution in [1.82, 2.24) is 0 Å². The molecule has 0 aromatic carbocycles. The lowest BCUT2D eigenvalue weighted by Gasteiger charge is -2.06. The standard InChI is InChI=1S/C16H24N2OS/c1-3-5-10-8-11(10)18-16-13(9-6-7-9)14(17)15(20-16)12(19)4-2/h9-11,18H,3-8,17H2,1-2H3. The molecule has 1 heterocycles. The predicted octanol–water partition coefficient (Wildman–Crippen LogP) is 4.40. The predicted molar refractivity (Wildman–Crippen MR) is 85.8 cm³/mol. The quantitative estimate of drug-likeness (QED) is 0.732. The largest absolute Gasteiger partial charge is 0.397 e. The van der Waals surface area contributed by atoms with Crippen molar-refractivity contribution >= 4 is 27.8 Å². The zero-order valence-corrected chi connectivity index (χ0v) is 13.2. The summed E-state index contributed by atoms with van der Waals surface area (Å²) in [5.41, 5.74) is 8.27. The third kappa shape index (κ3) is 2.58. The minimum Gasteiger partial charge on any atom is -0.397 e. The van der Waals surface area contributed by atoms with Gasteiger partial charge in [-0.15, -0.1) is 11.3 Å². The van der Waals surface area contributed by atoms with E-state index < -0.39 is 0 Å². The summed E-state index contributed by atoms with van der Waals surface area (Å²) in [6, 6.07) is 0.607. The van der Waals surface area contributed by atoms with E-state index in [0.29, 0.717) is 18.4 Å². The molecule has 0 radical (unpaired) electrons. The third-order valence-electron chi connectivity index (χ3n) is 4.44. The van der Waals surface area contributed by atoms with Gasteiger partial charge >= 0.3 is 0 Å². The molecule has 1 aromatic heterocycles. The first-order chi connectivity index (χ1) is 9.65. The number of hydrogen-bond donors (Lipinski definition) is 2. The van der Waals surface area contributed by atoms with Crippen LogP contribution in [0.15, 0.2) is 0 Å². The van der Waals surface area contributed by atoms with Crippen molar-refractivity contribution in [3.8, 4) is 0 Å². The molecule has 4 heteroatoms. The highest BCUT2D eigenvalue weighted by Crippen LogP contribution is 2.52. The number of thiophene rings is 1. The first-order valence-electron chi connectivity index (χ1n) is 7.87. The van der Waals surface area contributed by atoms with Crippen molar-refractivity contribution in [1.29, 1.82) is 0 Å². The van der Waals surface area contributed by atoms with E-state index in [0.717, 1.165) is 16.5 Å². The molecule has 0 saturated heterocycles. The zero-order chi connectivity index (χ0) is 14.3. The second-order valence-corrected chi connectivity index (χ2v) is 7.19. The Labute approximate surface area is 124 Å². The van der Waals surface area contributed by atoms with Crippen molar-refractivity contribution in [3.63, 3.8) is 0 Å². The molecule has 110 valence electrons. The Kier molecular flexibility index (Phi) is 3.76. The Bertz CT molecular complexity index is 519. The average Bonchev–Trinajstić information content (AvgIpc) is 3.33. The van der Waals surface area contributed by atoms with Gasteiger partial charge in [-0.1, -0.05) is 20.3 Å². The molecule has 0 bridgehead atoms. The van der Waals surface area contributed by atoms with Gasteiger partial charge in [0.1, 0.15) is 0 Å². The summed E-state index contributed by atoms with van der Waals surface area (Å²) in [5.74, 6) is 1.60. The first-order valence-corrected chi connectivity index (χ1v) is 8.69. The van der Waals surface area contributed by atoms with Crippen LogP contribution in [-0.2, 0) is 0 Å². The fourth-order valence-electron chi connectivity index (χ4n) is 2.99. The van der Waals surface area contributed by atoms with Gasteiger partial charge in [-0.2, -0.15) is 0 Å². The number of anilines is 2. The molecule has 2 unspecified atom stereocenters. The summed E-state index contributed by atoms with van der Waals surface area (Å²) in [6.07, 6.45) is 6.81. The minimum absolute atomic E-state index is 0.184. The van der Waals surface area contributed by atoms with Crippen molar-refractivity contribution in [2.24, 2.45) is 5.92 Å². The van der Waals surface area contributed by atoms with Gasteiger partial charge in [0, 0.05) is 18.0 Å². The Morgan fingerprint density at radius 3 is 2.75 bits per heavy atom. The SMILES string of the molecule is CCCC1CC1Nc1sc(C(=O)CC)c(N)c1C1CC1. The highest BCUT2D eigenvalue weighted by Gasteiger charge is 2.39. The molecule has 0 aliphatic heterocycles. The van der Waals surface area contributed by atoms with Crippen LogP contribution in [-0.4, -0.2) is 11.8 Å². The van der Waals surface area contributed by atoms with Gasteiger partial charge in [0.05, 0.1) is 15.6 Å². The van der Waals surface area contributed by atoms with Crippen LogP contribution in [0.1, 0.15) is 73.5 Å². The summed E-state index contributed by atoms with van der Waals surface area (Å²) in [5, 5.41) is 4.85. The van der Waals surface area contributed by atoms with Crippen LogP contribution in [0.2, 0.25) is 0 Å². The van der Waals surface area contributed by atoms with Gasteiger partial charge in [-0.3, -0.25) is 4.79 Å². The number of nitrogens with one attached hydrogen (secondary N) is 1. The van der Waals surface area contributed by atoms with E-state index in [-0.39, 0.29) is 5.78 Å². The number of carbonyl (C=O) groups excluding carboxylic acids is 1. The van der Waals surface area contributed by atoms with Crippen molar-refractivity contribution in [2.75, 3.05) is 11.1 Å². The molecular weight excluding hydrogens is 268 g/mol. The summed E-state index contributed by atoms with van der Waals surface area (Å²) >= 11 is 1.59. The molecule has 2 aliphatic rings. The van der Waals surface area contributed by atoms with Crippen LogP contribution in [0.4, 0.5) is 10.7 Å². The van der Waals surface area contributed by atoms with Gasteiger partial charge < -0.3 is 11.1 Å². The molecule has 2 aliphatic carbocycles. The van der Waals surface area contributed by atoms with Crippen molar-refractivity contribution in [2.45, 2.75) is 64.3 Å². The third-order valence-corrected chi connectivity index (χ3v) is 5.64. The van der Waals surface area contributed by atoms with E-state index in [9.17, 15) is 4.79 Å². The maximum atomic E-state index is 12.0. The smallest absolute Gasteiger partial charge is 0.174 e. The molecule has 2 atom stereocenters. The Morgan fingerprint density at radius 2 is 2.15 bits per heavy atom. The molecule has 20 heavy (non-hydrogen) atoms. The van der Waals surface area contributed by atoms with Crippen LogP contribution in [0.3, 0.4) is 0 Å². The molecule has 2 saturated carbocycles. The number of nitrogen functional groups attached to an aromatic ring is 1.